The maximum Gasteiger partial charge on any atom is 0.271 e. The summed E-state index contributed by atoms with van der Waals surface area (Å²) in [4.78, 5) is 30.7. The Labute approximate surface area is 164 Å². The fourth-order valence-corrected chi connectivity index (χ4v) is 2.44. The zero-order valence-corrected chi connectivity index (χ0v) is 15.2. The summed E-state index contributed by atoms with van der Waals surface area (Å²) in [6.07, 6.45) is 1.38. The van der Waals surface area contributed by atoms with Crippen LogP contribution in [0.2, 0.25) is 5.02 Å². The number of halogens is 1. The molecular formula is C18H15ClN6O3. The van der Waals surface area contributed by atoms with Gasteiger partial charge in [0.2, 0.25) is 5.95 Å². The number of benzene rings is 2. The van der Waals surface area contributed by atoms with Crippen molar-refractivity contribution in [2.24, 2.45) is 0 Å². The fraction of sp³-hybridized carbons (Fsp3) is 0.0556. The van der Waals surface area contributed by atoms with Gasteiger partial charge in [-0.15, -0.1) is 0 Å². The summed E-state index contributed by atoms with van der Waals surface area (Å²) in [5.74, 6) is 0.257. The van der Waals surface area contributed by atoms with E-state index in [2.05, 4.69) is 25.9 Å². The monoisotopic (exact) mass is 398 g/mol. The van der Waals surface area contributed by atoms with E-state index in [0.717, 1.165) is 0 Å². The van der Waals surface area contributed by atoms with Crippen LogP contribution in [-0.4, -0.2) is 27.5 Å². The molecule has 0 bridgehead atoms. The van der Waals surface area contributed by atoms with Crippen LogP contribution in [0.3, 0.4) is 0 Å². The number of nitrogens with one attached hydrogen (secondary N) is 3. The van der Waals surface area contributed by atoms with Gasteiger partial charge in [-0.1, -0.05) is 35.9 Å². The predicted molar refractivity (Wildman–Crippen MR) is 106 cm³/mol. The Morgan fingerprint density at radius 1 is 1.14 bits per heavy atom. The first kappa shape index (κ1) is 19.1. The number of nitro groups is 1. The SMILES string of the molecule is O=C(NCNc1nc(Nc2cccc([N+](=O)[O-])c2)ncc1Cl)c1ccccc1. The molecule has 3 aromatic rings. The van der Waals surface area contributed by atoms with Gasteiger partial charge in [-0.3, -0.25) is 14.9 Å². The van der Waals surface area contributed by atoms with E-state index in [1.807, 2.05) is 6.07 Å². The Morgan fingerprint density at radius 2 is 1.93 bits per heavy atom. The Hall–Kier alpha value is -3.72. The zero-order chi connectivity index (χ0) is 19.9. The van der Waals surface area contributed by atoms with Crippen molar-refractivity contribution >= 4 is 40.6 Å². The highest BCUT2D eigenvalue weighted by atomic mass is 35.5. The predicted octanol–water partition coefficient (Wildman–Crippen LogP) is 3.58. The van der Waals surface area contributed by atoms with Gasteiger partial charge < -0.3 is 16.0 Å². The average Bonchev–Trinajstić information content (AvgIpc) is 2.71. The van der Waals surface area contributed by atoms with E-state index in [-0.39, 0.29) is 29.2 Å². The van der Waals surface area contributed by atoms with Crippen molar-refractivity contribution in [3.8, 4) is 0 Å². The number of hydrogen-bond acceptors (Lipinski definition) is 7. The zero-order valence-electron chi connectivity index (χ0n) is 14.4. The summed E-state index contributed by atoms with van der Waals surface area (Å²) in [7, 11) is 0. The minimum Gasteiger partial charge on any atom is -0.351 e. The molecule has 0 unspecified atom stereocenters. The highest BCUT2D eigenvalue weighted by Gasteiger charge is 2.09. The van der Waals surface area contributed by atoms with E-state index >= 15 is 0 Å². The summed E-state index contributed by atoms with van der Waals surface area (Å²) < 4.78 is 0. The molecule has 3 N–H and O–H groups in total. The summed E-state index contributed by atoms with van der Waals surface area (Å²) >= 11 is 6.08. The van der Waals surface area contributed by atoms with Crippen LogP contribution < -0.4 is 16.0 Å². The van der Waals surface area contributed by atoms with Crippen LogP contribution in [0.25, 0.3) is 0 Å². The van der Waals surface area contributed by atoms with Crippen LogP contribution in [0.5, 0.6) is 0 Å². The first-order chi connectivity index (χ1) is 13.5. The molecule has 0 saturated carbocycles. The number of anilines is 3. The van der Waals surface area contributed by atoms with Crippen LogP contribution in [0.4, 0.5) is 23.1 Å². The second-order valence-electron chi connectivity index (χ2n) is 5.55. The lowest BCUT2D eigenvalue weighted by Crippen LogP contribution is -2.29. The van der Waals surface area contributed by atoms with Gasteiger partial charge in [-0.25, -0.2) is 4.98 Å². The first-order valence-corrected chi connectivity index (χ1v) is 8.52. The van der Waals surface area contributed by atoms with Crippen molar-refractivity contribution in [2.75, 3.05) is 17.3 Å². The molecule has 1 amide bonds. The minimum atomic E-state index is -0.490. The van der Waals surface area contributed by atoms with Gasteiger partial charge in [0.25, 0.3) is 11.6 Å². The van der Waals surface area contributed by atoms with Crippen molar-refractivity contribution < 1.29 is 9.72 Å². The molecule has 1 aromatic heterocycles. The summed E-state index contributed by atoms with van der Waals surface area (Å²) in [5.41, 5.74) is 0.937. The fourth-order valence-electron chi connectivity index (χ4n) is 2.28. The molecule has 0 fully saturated rings. The molecule has 3 rings (SSSR count). The molecule has 0 aliphatic heterocycles. The van der Waals surface area contributed by atoms with Crippen LogP contribution in [0.1, 0.15) is 10.4 Å². The molecule has 142 valence electrons. The van der Waals surface area contributed by atoms with E-state index < -0.39 is 4.92 Å². The van der Waals surface area contributed by atoms with Gasteiger partial charge in [0.05, 0.1) is 17.8 Å². The molecule has 9 nitrogen and oxygen atoms in total. The van der Waals surface area contributed by atoms with Crippen LogP contribution in [0, 0.1) is 10.1 Å². The highest BCUT2D eigenvalue weighted by molar-refractivity contribution is 6.32. The third-order valence-electron chi connectivity index (χ3n) is 3.60. The Balaban J connectivity index is 1.64. The lowest BCUT2D eigenvalue weighted by Gasteiger charge is -2.11. The summed E-state index contributed by atoms with van der Waals surface area (Å²) in [6.45, 7) is 0.0979. The molecule has 28 heavy (non-hydrogen) atoms. The number of amides is 1. The minimum absolute atomic E-state index is 0.0547. The Bertz CT molecular complexity index is 1000. The molecule has 1 heterocycles. The summed E-state index contributed by atoms with van der Waals surface area (Å²) in [6, 6.07) is 14.7. The molecule has 0 radical (unpaired) electrons. The highest BCUT2D eigenvalue weighted by Crippen LogP contribution is 2.23. The van der Waals surface area contributed by atoms with Gasteiger partial charge in [0.1, 0.15) is 5.02 Å². The molecule has 0 aliphatic rings. The van der Waals surface area contributed by atoms with E-state index in [4.69, 9.17) is 11.6 Å². The number of nitro benzene ring substituents is 1. The lowest BCUT2D eigenvalue weighted by molar-refractivity contribution is -0.384. The maximum absolute atomic E-state index is 12.0. The molecule has 0 saturated heterocycles. The smallest absolute Gasteiger partial charge is 0.271 e. The third kappa shape index (κ3) is 4.92. The van der Waals surface area contributed by atoms with Crippen molar-refractivity contribution in [2.45, 2.75) is 0 Å². The summed E-state index contributed by atoms with van der Waals surface area (Å²) in [5, 5.41) is 19.6. The molecule has 0 spiro atoms. The quantitative estimate of drug-likeness (QED) is 0.316. The number of rotatable bonds is 7. The number of non-ortho nitro benzene ring substituents is 1. The van der Waals surface area contributed by atoms with E-state index in [9.17, 15) is 14.9 Å². The van der Waals surface area contributed by atoms with Gasteiger partial charge in [0.15, 0.2) is 5.82 Å². The first-order valence-electron chi connectivity index (χ1n) is 8.14. The molecular weight excluding hydrogens is 384 g/mol. The van der Waals surface area contributed by atoms with Crippen molar-refractivity contribution in [3.63, 3.8) is 0 Å². The Morgan fingerprint density at radius 3 is 2.68 bits per heavy atom. The largest absolute Gasteiger partial charge is 0.351 e. The van der Waals surface area contributed by atoms with E-state index in [1.54, 1.807) is 36.4 Å². The molecule has 10 heteroatoms. The second-order valence-corrected chi connectivity index (χ2v) is 5.96. The van der Waals surface area contributed by atoms with Crippen molar-refractivity contribution in [1.82, 2.24) is 15.3 Å². The van der Waals surface area contributed by atoms with Gasteiger partial charge in [0, 0.05) is 23.4 Å². The number of carbonyl (C=O) groups is 1. The van der Waals surface area contributed by atoms with Gasteiger partial charge in [-0.2, -0.15) is 4.98 Å². The number of hydrogen-bond donors (Lipinski definition) is 3. The van der Waals surface area contributed by atoms with Crippen LogP contribution >= 0.6 is 11.6 Å². The standard InChI is InChI=1S/C18H15ClN6O3/c19-15-10-20-18(23-13-7-4-8-14(9-13)25(27)28)24-16(15)21-11-22-17(26)12-5-2-1-3-6-12/h1-10H,11H2,(H,22,26)(H2,20,21,23,24). The topological polar surface area (TPSA) is 122 Å². The number of carbonyl (C=O) groups excluding carboxylic acids is 1. The maximum atomic E-state index is 12.0. The normalized spacial score (nSPS) is 10.2. The molecule has 0 aliphatic carbocycles. The number of aromatic nitrogens is 2. The van der Waals surface area contributed by atoms with E-state index in [0.29, 0.717) is 17.1 Å². The van der Waals surface area contributed by atoms with Gasteiger partial charge >= 0.3 is 0 Å². The van der Waals surface area contributed by atoms with E-state index in [1.165, 1.54) is 18.3 Å². The van der Waals surface area contributed by atoms with Gasteiger partial charge in [-0.05, 0) is 18.2 Å². The lowest BCUT2D eigenvalue weighted by atomic mass is 10.2. The van der Waals surface area contributed by atoms with Crippen molar-refractivity contribution in [1.29, 1.82) is 0 Å². The second kappa shape index (κ2) is 8.78. The Kier molecular flexibility index (Phi) is 5.97. The van der Waals surface area contributed by atoms with Crippen LogP contribution in [0.15, 0.2) is 60.8 Å². The molecule has 0 atom stereocenters. The average molecular weight is 399 g/mol. The molecule has 2 aromatic carbocycles. The number of nitrogens with zero attached hydrogens (tertiary/aromatic N) is 3. The van der Waals surface area contributed by atoms with Crippen LogP contribution in [-0.2, 0) is 0 Å². The van der Waals surface area contributed by atoms with Crippen molar-refractivity contribution in [3.05, 3.63) is 81.5 Å². The third-order valence-corrected chi connectivity index (χ3v) is 3.87.